The number of hydrogen-bond donors (Lipinski definition) is 3. The fourth-order valence-electron chi connectivity index (χ4n) is 3.45. The molecule has 2 aromatic heterocycles. The van der Waals surface area contributed by atoms with Crippen LogP contribution in [0, 0.1) is 0 Å². The zero-order valence-corrected chi connectivity index (χ0v) is 15.5. The lowest BCUT2D eigenvalue weighted by Crippen LogP contribution is -2.29. The molecule has 1 aliphatic carbocycles. The zero-order chi connectivity index (χ0) is 19.0. The first-order chi connectivity index (χ1) is 13.0. The monoisotopic (exact) mass is 361 g/mol. The topological polar surface area (TPSA) is 100 Å². The van der Waals surface area contributed by atoms with Crippen LogP contribution in [0.15, 0.2) is 47.9 Å². The van der Waals surface area contributed by atoms with Gasteiger partial charge in [-0.3, -0.25) is 4.98 Å². The van der Waals surface area contributed by atoms with Gasteiger partial charge in [0.2, 0.25) is 0 Å². The molecule has 0 fully saturated rings. The molecule has 27 heavy (non-hydrogen) atoms. The Hall–Kier alpha value is -2.99. The predicted molar refractivity (Wildman–Crippen MR) is 106 cm³/mol. The number of nitrogens with zero attached hydrogens (tertiary/aromatic N) is 3. The highest BCUT2D eigenvalue weighted by Gasteiger charge is 2.26. The molecule has 0 spiro atoms. The van der Waals surface area contributed by atoms with E-state index in [1.807, 2.05) is 24.3 Å². The molecule has 138 valence electrons. The average Bonchev–Trinajstić information content (AvgIpc) is 3.33. The van der Waals surface area contributed by atoms with E-state index < -0.39 is 0 Å². The highest BCUT2D eigenvalue weighted by Crippen LogP contribution is 2.35. The van der Waals surface area contributed by atoms with Gasteiger partial charge in [0, 0.05) is 41.0 Å². The minimum absolute atomic E-state index is 0.256. The van der Waals surface area contributed by atoms with Crippen LogP contribution in [0.4, 0.5) is 0 Å². The molecular formula is C21H23N5O. The fourth-order valence-corrected chi connectivity index (χ4v) is 3.45. The van der Waals surface area contributed by atoms with Crippen LogP contribution in [-0.4, -0.2) is 32.4 Å². The lowest BCUT2D eigenvalue weighted by Gasteiger charge is -2.18. The largest absolute Gasteiger partial charge is 0.411 e. The van der Waals surface area contributed by atoms with Crippen LogP contribution in [0.25, 0.3) is 22.5 Å². The van der Waals surface area contributed by atoms with E-state index in [2.05, 4.69) is 35.0 Å². The molecule has 0 amide bonds. The van der Waals surface area contributed by atoms with Crippen LogP contribution in [-0.2, 0) is 11.8 Å². The van der Waals surface area contributed by atoms with Gasteiger partial charge in [0.15, 0.2) is 0 Å². The second-order valence-electron chi connectivity index (χ2n) is 7.55. The second-order valence-corrected chi connectivity index (χ2v) is 7.55. The number of pyridine rings is 1. The Kier molecular flexibility index (Phi) is 4.28. The fraction of sp³-hybridized carbons (Fsp3) is 0.286. The zero-order valence-electron chi connectivity index (χ0n) is 15.5. The SMILES string of the molecule is CC(C)(CN)c1nc(-c2ccc3c(c2)CC/C3=N\O)c(-c2ccncc2)[nH]1. The van der Waals surface area contributed by atoms with E-state index in [1.54, 1.807) is 12.4 Å². The van der Waals surface area contributed by atoms with Gasteiger partial charge in [-0.2, -0.15) is 0 Å². The molecule has 6 heteroatoms. The van der Waals surface area contributed by atoms with Gasteiger partial charge in [-0.05, 0) is 36.6 Å². The summed E-state index contributed by atoms with van der Waals surface area (Å²) in [5.74, 6) is 0.866. The first-order valence-electron chi connectivity index (χ1n) is 9.09. The summed E-state index contributed by atoms with van der Waals surface area (Å²) in [6.07, 6.45) is 5.19. The predicted octanol–water partition coefficient (Wildman–Crippen LogP) is 3.50. The standard InChI is InChI=1S/C21H23N5O/c1-21(2,12-22)20-24-18(13-7-9-23-10-8-13)19(25-20)15-3-5-16-14(11-15)4-6-17(16)26-27/h3,5,7-11,27H,4,6,12,22H2,1-2H3,(H,24,25)/b26-17+. The third-order valence-corrected chi connectivity index (χ3v) is 5.27. The molecule has 3 aromatic rings. The minimum atomic E-state index is -0.256. The van der Waals surface area contributed by atoms with Gasteiger partial charge in [-0.25, -0.2) is 4.98 Å². The van der Waals surface area contributed by atoms with Crippen molar-refractivity contribution in [2.45, 2.75) is 32.1 Å². The molecule has 4 N–H and O–H groups in total. The quantitative estimate of drug-likeness (QED) is 0.489. The lowest BCUT2D eigenvalue weighted by molar-refractivity contribution is 0.318. The van der Waals surface area contributed by atoms with E-state index in [0.29, 0.717) is 6.54 Å². The molecule has 0 saturated heterocycles. The molecule has 1 aliphatic rings. The molecule has 1 aromatic carbocycles. The number of aryl methyl sites for hydroxylation is 1. The second kappa shape index (κ2) is 6.63. The third-order valence-electron chi connectivity index (χ3n) is 5.27. The molecule has 0 bridgehead atoms. The van der Waals surface area contributed by atoms with Gasteiger partial charge in [-0.15, -0.1) is 0 Å². The van der Waals surface area contributed by atoms with E-state index in [0.717, 1.165) is 52.5 Å². The Balaban J connectivity index is 1.87. The molecule has 0 radical (unpaired) electrons. The summed E-state index contributed by atoms with van der Waals surface area (Å²) >= 11 is 0. The summed E-state index contributed by atoms with van der Waals surface area (Å²) in [5, 5.41) is 12.6. The summed E-state index contributed by atoms with van der Waals surface area (Å²) in [4.78, 5) is 12.5. The summed E-state index contributed by atoms with van der Waals surface area (Å²) in [6.45, 7) is 4.66. The van der Waals surface area contributed by atoms with Crippen LogP contribution in [0.2, 0.25) is 0 Å². The van der Waals surface area contributed by atoms with E-state index in [4.69, 9.17) is 15.9 Å². The molecule has 0 saturated carbocycles. The van der Waals surface area contributed by atoms with Gasteiger partial charge in [0.05, 0.1) is 17.1 Å². The minimum Gasteiger partial charge on any atom is -0.411 e. The summed E-state index contributed by atoms with van der Waals surface area (Å²) in [7, 11) is 0. The molecule has 0 aliphatic heterocycles. The van der Waals surface area contributed by atoms with Gasteiger partial charge < -0.3 is 15.9 Å². The number of hydrogen-bond acceptors (Lipinski definition) is 5. The van der Waals surface area contributed by atoms with Gasteiger partial charge in [0.1, 0.15) is 5.82 Å². The maximum Gasteiger partial charge on any atom is 0.114 e. The van der Waals surface area contributed by atoms with Gasteiger partial charge in [-0.1, -0.05) is 31.1 Å². The Labute approximate surface area is 158 Å². The molecule has 4 rings (SSSR count). The van der Waals surface area contributed by atoms with Crippen molar-refractivity contribution in [3.63, 3.8) is 0 Å². The number of rotatable bonds is 4. The number of nitrogens with two attached hydrogens (primary N) is 1. The number of benzene rings is 1. The van der Waals surface area contributed by atoms with E-state index in [-0.39, 0.29) is 5.41 Å². The number of fused-ring (bicyclic) bond motifs is 1. The first kappa shape index (κ1) is 17.4. The van der Waals surface area contributed by atoms with Gasteiger partial charge in [0.25, 0.3) is 0 Å². The third kappa shape index (κ3) is 3.02. The maximum atomic E-state index is 9.16. The number of H-pyrrole nitrogens is 1. The number of oxime groups is 1. The number of nitrogens with one attached hydrogen (secondary N) is 1. The highest BCUT2D eigenvalue weighted by atomic mass is 16.4. The van der Waals surface area contributed by atoms with Crippen molar-refractivity contribution in [3.8, 4) is 22.5 Å². The van der Waals surface area contributed by atoms with Crippen molar-refractivity contribution in [1.29, 1.82) is 0 Å². The van der Waals surface area contributed by atoms with Crippen molar-refractivity contribution in [1.82, 2.24) is 15.0 Å². The first-order valence-corrected chi connectivity index (χ1v) is 9.09. The van der Waals surface area contributed by atoms with E-state index in [9.17, 15) is 0 Å². The van der Waals surface area contributed by atoms with Crippen molar-refractivity contribution in [3.05, 3.63) is 59.7 Å². The Morgan fingerprint density at radius 1 is 1.15 bits per heavy atom. The van der Waals surface area contributed by atoms with Crippen LogP contribution < -0.4 is 5.73 Å². The Morgan fingerprint density at radius 3 is 2.63 bits per heavy atom. The number of imidazole rings is 1. The van der Waals surface area contributed by atoms with Crippen molar-refractivity contribution < 1.29 is 5.21 Å². The van der Waals surface area contributed by atoms with Crippen LogP contribution in [0.3, 0.4) is 0 Å². The van der Waals surface area contributed by atoms with E-state index in [1.165, 1.54) is 5.56 Å². The molecular weight excluding hydrogens is 338 g/mol. The summed E-state index contributed by atoms with van der Waals surface area (Å²) in [6, 6.07) is 10.1. The summed E-state index contributed by atoms with van der Waals surface area (Å²) in [5.41, 5.74) is 12.6. The van der Waals surface area contributed by atoms with Crippen LogP contribution >= 0.6 is 0 Å². The highest BCUT2D eigenvalue weighted by molar-refractivity contribution is 6.04. The molecule has 6 nitrogen and oxygen atoms in total. The van der Waals surface area contributed by atoms with E-state index >= 15 is 0 Å². The average molecular weight is 361 g/mol. The van der Waals surface area contributed by atoms with Crippen LogP contribution in [0.5, 0.6) is 0 Å². The lowest BCUT2D eigenvalue weighted by atomic mass is 9.93. The van der Waals surface area contributed by atoms with Crippen molar-refractivity contribution >= 4 is 5.71 Å². The smallest absolute Gasteiger partial charge is 0.114 e. The number of aromatic amines is 1. The Morgan fingerprint density at radius 2 is 1.93 bits per heavy atom. The van der Waals surface area contributed by atoms with Crippen LogP contribution in [0.1, 0.15) is 37.2 Å². The van der Waals surface area contributed by atoms with Crippen molar-refractivity contribution in [2.24, 2.45) is 10.9 Å². The Bertz CT molecular complexity index is 1000. The molecule has 0 unspecified atom stereocenters. The molecule has 0 atom stereocenters. The number of aromatic nitrogens is 3. The van der Waals surface area contributed by atoms with Gasteiger partial charge >= 0.3 is 0 Å². The molecule has 2 heterocycles. The summed E-state index contributed by atoms with van der Waals surface area (Å²) < 4.78 is 0. The maximum absolute atomic E-state index is 9.16. The van der Waals surface area contributed by atoms with Crippen molar-refractivity contribution in [2.75, 3.05) is 6.54 Å². The normalized spacial score (nSPS) is 15.3.